The number of pyridine rings is 1. The van der Waals surface area contributed by atoms with Gasteiger partial charge in [0, 0.05) is 37.1 Å². The van der Waals surface area contributed by atoms with E-state index in [1.807, 2.05) is 54.6 Å². The van der Waals surface area contributed by atoms with Gasteiger partial charge in [-0.3, -0.25) is 9.79 Å². The zero-order chi connectivity index (χ0) is 20.6. The van der Waals surface area contributed by atoms with Crippen LogP contribution in [0.15, 0.2) is 71.9 Å². The molecule has 0 saturated heterocycles. The Morgan fingerprint density at radius 2 is 1.83 bits per heavy atom. The highest BCUT2D eigenvalue weighted by Crippen LogP contribution is 2.22. The molecule has 8 heteroatoms. The maximum atomic E-state index is 11.8. The van der Waals surface area contributed by atoms with Gasteiger partial charge in [-0.25, -0.2) is 10.8 Å². The summed E-state index contributed by atoms with van der Waals surface area (Å²) in [5.41, 5.74) is 11.8. The lowest BCUT2D eigenvalue weighted by Gasteiger charge is -2.13. The van der Waals surface area contributed by atoms with Crippen molar-refractivity contribution in [2.75, 3.05) is 17.7 Å². The Labute approximate surface area is 169 Å². The number of amides is 1. The lowest BCUT2D eigenvalue weighted by molar-refractivity contribution is 0.100. The molecule has 3 rings (SSSR count). The van der Waals surface area contributed by atoms with Crippen LogP contribution in [0.25, 0.3) is 0 Å². The third kappa shape index (κ3) is 5.08. The van der Waals surface area contributed by atoms with Crippen molar-refractivity contribution in [3.63, 3.8) is 0 Å². The molecular weight excluding hydrogens is 366 g/mol. The molecule has 1 amide bonds. The first-order valence-electron chi connectivity index (χ1n) is 8.99. The summed E-state index contributed by atoms with van der Waals surface area (Å²) in [5.74, 6) is 6.09. The molecule has 29 heavy (non-hydrogen) atoms. The molecule has 7 N–H and O–H groups in total. The molecule has 0 spiro atoms. The van der Waals surface area contributed by atoms with E-state index in [1.165, 1.54) is 6.20 Å². The van der Waals surface area contributed by atoms with Crippen LogP contribution < -0.4 is 27.6 Å². The zero-order valence-electron chi connectivity index (χ0n) is 16.0. The molecule has 0 unspecified atom stereocenters. The van der Waals surface area contributed by atoms with Gasteiger partial charge in [-0.15, -0.1) is 0 Å². The van der Waals surface area contributed by atoms with Gasteiger partial charge in [0.1, 0.15) is 11.7 Å². The lowest BCUT2D eigenvalue weighted by atomic mass is 10.1. The van der Waals surface area contributed by atoms with Gasteiger partial charge < -0.3 is 21.8 Å². The maximum Gasteiger partial charge on any atom is 0.252 e. The second-order valence-electron chi connectivity index (χ2n) is 6.24. The highest BCUT2D eigenvalue weighted by molar-refractivity contribution is 5.99. The Balaban J connectivity index is 1.78. The summed E-state index contributed by atoms with van der Waals surface area (Å²) in [6.45, 7) is 0.560. The quantitative estimate of drug-likeness (QED) is 0.182. The second kappa shape index (κ2) is 9.34. The smallest absolute Gasteiger partial charge is 0.252 e. The summed E-state index contributed by atoms with van der Waals surface area (Å²) in [7, 11) is 1.66. The average Bonchev–Trinajstić information content (AvgIpc) is 2.75. The molecular formula is C21H23N7O. The van der Waals surface area contributed by atoms with Crippen LogP contribution in [0.3, 0.4) is 0 Å². The predicted octanol–water partition coefficient (Wildman–Crippen LogP) is 2.38. The molecule has 3 aromatic rings. The number of anilines is 3. The number of nitrogens with one attached hydrogen (secondary N) is 3. The molecule has 1 aromatic heterocycles. The normalized spacial score (nSPS) is 11.0. The summed E-state index contributed by atoms with van der Waals surface area (Å²) in [6, 6.07) is 19.2. The van der Waals surface area contributed by atoms with E-state index in [9.17, 15) is 4.79 Å². The van der Waals surface area contributed by atoms with Crippen molar-refractivity contribution in [2.24, 2.45) is 16.6 Å². The van der Waals surface area contributed by atoms with Gasteiger partial charge in [-0.05, 0) is 29.8 Å². The van der Waals surface area contributed by atoms with Crippen LogP contribution in [-0.4, -0.2) is 23.8 Å². The van der Waals surface area contributed by atoms with Gasteiger partial charge in [0.15, 0.2) is 0 Å². The Morgan fingerprint density at radius 3 is 2.45 bits per heavy atom. The van der Waals surface area contributed by atoms with Crippen molar-refractivity contribution in [3.05, 3.63) is 83.6 Å². The number of primary amides is 1. The Morgan fingerprint density at radius 1 is 1.10 bits per heavy atom. The minimum Gasteiger partial charge on any atom is -0.380 e. The molecule has 1 heterocycles. The number of amidine groups is 1. The lowest BCUT2D eigenvalue weighted by Crippen LogP contribution is -2.30. The van der Waals surface area contributed by atoms with E-state index in [0.29, 0.717) is 29.4 Å². The van der Waals surface area contributed by atoms with E-state index in [4.69, 9.17) is 11.6 Å². The molecule has 148 valence electrons. The number of hydrogen-bond donors (Lipinski definition) is 5. The molecule has 2 aromatic carbocycles. The van der Waals surface area contributed by atoms with Crippen LogP contribution >= 0.6 is 0 Å². The summed E-state index contributed by atoms with van der Waals surface area (Å²) < 4.78 is 0. The van der Waals surface area contributed by atoms with Crippen molar-refractivity contribution >= 4 is 28.9 Å². The first kappa shape index (κ1) is 19.8. The van der Waals surface area contributed by atoms with Crippen LogP contribution in [0, 0.1) is 0 Å². The maximum absolute atomic E-state index is 11.8. The average molecular weight is 389 g/mol. The van der Waals surface area contributed by atoms with Crippen molar-refractivity contribution < 1.29 is 4.79 Å². The van der Waals surface area contributed by atoms with Gasteiger partial charge >= 0.3 is 0 Å². The highest BCUT2D eigenvalue weighted by atomic mass is 16.1. The largest absolute Gasteiger partial charge is 0.380 e. The number of carbonyl (C=O) groups is 1. The van der Waals surface area contributed by atoms with E-state index < -0.39 is 5.91 Å². The number of hydrazine groups is 1. The second-order valence-corrected chi connectivity index (χ2v) is 6.24. The van der Waals surface area contributed by atoms with Crippen molar-refractivity contribution in [2.45, 2.75) is 6.54 Å². The first-order valence-corrected chi connectivity index (χ1v) is 8.99. The van der Waals surface area contributed by atoms with Crippen LogP contribution in [-0.2, 0) is 6.54 Å². The third-order valence-corrected chi connectivity index (χ3v) is 4.29. The van der Waals surface area contributed by atoms with Gasteiger partial charge in [-0.2, -0.15) is 0 Å². The molecule has 0 fully saturated rings. The Bertz CT molecular complexity index is 1000. The topological polar surface area (TPSA) is 130 Å². The minimum absolute atomic E-state index is 0.333. The summed E-state index contributed by atoms with van der Waals surface area (Å²) >= 11 is 0. The molecule has 0 atom stereocenters. The number of nitrogens with two attached hydrogens (primary N) is 2. The summed E-state index contributed by atoms with van der Waals surface area (Å²) in [4.78, 5) is 20.1. The fourth-order valence-electron chi connectivity index (χ4n) is 2.80. The van der Waals surface area contributed by atoms with E-state index in [1.54, 1.807) is 13.1 Å². The molecule has 0 bridgehead atoms. The van der Waals surface area contributed by atoms with Crippen LogP contribution in [0.1, 0.15) is 21.5 Å². The third-order valence-electron chi connectivity index (χ3n) is 4.29. The van der Waals surface area contributed by atoms with Crippen LogP contribution in [0.2, 0.25) is 0 Å². The number of rotatable bonds is 7. The molecule has 0 aliphatic rings. The van der Waals surface area contributed by atoms with Gasteiger partial charge in [-0.1, -0.05) is 30.3 Å². The molecule has 0 saturated carbocycles. The number of hydrogen-bond acceptors (Lipinski definition) is 6. The van der Waals surface area contributed by atoms with Gasteiger partial charge in [0.05, 0.1) is 11.3 Å². The SMILES string of the molecule is CN=C(NN)c1ccc(Nc2cc(NCc3ccccc3)c(C(N)=O)cn2)cc1. The molecule has 0 aliphatic carbocycles. The monoisotopic (exact) mass is 389 g/mol. The fourth-order valence-corrected chi connectivity index (χ4v) is 2.80. The first-order chi connectivity index (χ1) is 14.1. The van der Waals surface area contributed by atoms with Crippen molar-refractivity contribution in [1.29, 1.82) is 0 Å². The number of carbonyl (C=O) groups excluding carboxylic acids is 1. The van der Waals surface area contributed by atoms with Crippen LogP contribution in [0.5, 0.6) is 0 Å². The van der Waals surface area contributed by atoms with Gasteiger partial charge in [0.2, 0.25) is 0 Å². The van der Waals surface area contributed by atoms with Crippen molar-refractivity contribution in [1.82, 2.24) is 10.4 Å². The van der Waals surface area contributed by atoms with E-state index in [-0.39, 0.29) is 0 Å². The van der Waals surface area contributed by atoms with E-state index in [2.05, 4.69) is 26.0 Å². The summed E-state index contributed by atoms with van der Waals surface area (Å²) in [6.07, 6.45) is 1.46. The van der Waals surface area contributed by atoms with Crippen molar-refractivity contribution in [3.8, 4) is 0 Å². The Kier molecular flexibility index (Phi) is 6.39. The minimum atomic E-state index is -0.537. The molecule has 0 aliphatic heterocycles. The number of benzene rings is 2. The fraction of sp³-hybridized carbons (Fsp3) is 0.0952. The molecule has 0 radical (unpaired) electrons. The van der Waals surface area contributed by atoms with Gasteiger partial charge in [0.25, 0.3) is 5.91 Å². The number of aliphatic imine (C=N–C) groups is 1. The standard InChI is InChI=1S/C21H23N7O/c1-24-21(28-23)15-7-9-16(10-8-15)27-19-11-18(17(13-26-19)20(22)29)25-12-14-5-3-2-4-6-14/h2-11,13H,12,23H2,1H3,(H2,22,29)(H,24,28)(H2,25,26,27). The number of nitrogens with zero attached hydrogens (tertiary/aromatic N) is 2. The summed E-state index contributed by atoms with van der Waals surface area (Å²) in [5, 5.41) is 6.47. The van der Waals surface area contributed by atoms with E-state index in [0.717, 1.165) is 16.8 Å². The number of aromatic nitrogens is 1. The Hall–Kier alpha value is -3.91. The van der Waals surface area contributed by atoms with E-state index >= 15 is 0 Å². The predicted molar refractivity (Wildman–Crippen MR) is 116 cm³/mol. The molecule has 8 nitrogen and oxygen atoms in total. The zero-order valence-corrected chi connectivity index (χ0v) is 16.0. The van der Waals surface area contributed by atoms with Crippen LogP contribution in [0.4, 0.5) is 17.2 Å². The highest BCUT2D eigenvalue weighted by Gasteiger charge is 2.11.